The number of amides is 1. The molecule has 0 aliphatic carbocycles. The summed E-state index contributed by atoms with van der Waals surface area (Å²) < 4.78 is 16.2. The second kappa shape index (κ2) is 11.2. The number of likely N-dealkylation sites (tertiary alicyclic amines) is 1. The Bertz CT molecular complexity index is 1400. The SMILES string of the molecule is COc1cc(/C(O)=C2\C(=O)C(=O)N(Cc3ccccc3OC)C2c2ccc(C(C)C)cc2)c(OC)cc1Cl. The molecule has 1 saturated heterocycles. The Morgan fingerprint density at radius 1 is 0.921 bits per heavy atom. The predicted molar refractivity (Wildman–Crippen MR) is 146 cm³/mol. The number of ketones is 1. The zero-order chi connectivity index (χ0) is 27.6. The van der Waals surface area contributed by atoms with Gasteiger partial charge in [-0.05, 0) is 29.2 Å². The fourth-order valence-electron chi connectivity index (χ4n) is 4.66. The molecule has 0 aromatic heterocycles. The number of carbonyl (C=O) groups excluding carboxylic acids is 2. The van der Waals surface area contributed by atoms with Crippen LogP contribution in [-0.2, 0) is 16.1 Å². The molecule has 1 amide bonds. The number of nitrogens with zero attached hydrogens (tertiary/aromatic N) is 1. The zero-order valence-electron chi connectivity index (χ0n) is 21.9. The predicted octanol–water partition coefficient (Wildman–Crippen LogP) is 6.11. The lowest BCUT2D eigenvalue weighted by Crippen LogP contribution is -2.29. The van der Waals surface area contributed by atoms with Crippen LogP contribution in [0.2, 0.25) is 5.02 Å². The Kier molecular flexibility index (Phi) is 7.97. The van der Waals surface area contributed by atoms with E-state index >= 15 is 0 Å². The van der Waals surface area contributed by atoms with Crippen molar-refractivity contribution in [3.8, 4) is 17.2 Å². The van der Waals surface area contributed by atoms with Crippen LogP contribution in [0.1, 0.15) is 48.1 Å². The molecule has 0 spiro atoms. The van der Waals surface area contributed by atoms with Gasteiger partial charge in [0.1, 0.15) is 23.0 Å². The van der Waals surface area contributed by atoms with Crippen molar-refractivity contribution < 1.29 is 28.9 Å². The van der Waals surface area contributed by atoms with Crippen LogP contribution in [0.5, 0.6) is 17.2 Å². The summed E-state index contributed by atoms with van der Waals surface area (Å²) in [7, 11) is 4.42. The van der Waals surface area contributed by atoms with Crippen molar-refractivity contribution in [3.63, 3.8) is 0 Å². The number of carbonyl (C=O) groups is 2. The first-order chi connectivity index (χ1) is 18.2. The number of benzene rings is 3. The Balaban J connectivity index is 1.93. The fraction of sp³-hybridized carbons (Fsp3) is 0.267. The van der Waals surface area contributed by atoms with Crippen LogP contribution >= 0.6 is 11.6 Å². The number of hydrogen-bond donors (Lipinski definition) is 1. The topological polar surface area (TPSA) is 85.3 Å². The number of aliphatic hydroxyl groups excluding tert-OH is 1. The first kappa shape index (κ1) is 27.1. The molecule has 3 aromatic carbocycles. The Hall–Kier alpha value is -3.97. The molecule has 1 fully saturated rings. The summed E-state index contributed by atoms with van der Waals surface area (Å²) >= 11 is 6.26. The average Bonchev–Trinajstić information content (AvgIpc) is 3.17. The van der Waals surface area contributed by atoms with Crippen molar-refractivity contribution >= 4 is 29.1 Å². The molecule has 1 aliphatic heterocycles. The summed E-state index contributed by atoms with van der Waals surface area (Å²) in [6.07, 6.45) is 0. The van der Waals surface area contributed by atoms with Crippen molar-refractivity contribution in [3.05, 3.63) is 93.5 Å². The third-order valence-electron chi connectivity index (χ3n) is 6.72. The zero-order valence-corrected chi connectivity index (χ0v) is 22.7. The quantitative estimate of drug-likeness (QED) is 0.213. The number of hydrogen-bond acceptors (Lipinski definition) is 6. The van der Waals surface area contributed by atoms with Gasteiger partial charge in [0.15, 0.2) is 0 Å². The molecule has 8 heteroatoms. The third kappa shape index (κ3) is 4.94. The number of ether oxygens (including phenoxy) is 3. The highest BCUT2D eigenvalue weighted by Gasteiger charge is 2.46. The largest absolute Gasteiger partial charge is 0.507 e. The van der Waals surface area contributed by atoms with E-state index in [1.54, 1.807) is 13.2 Å². The first-order valence-corrected chi connectivity index (χ1v) is 12.5. The van der Waals surface area contributed by atoms with Gasteiger partial charge in [-0.2, -0.15) is 0 Å². The maximum absolute atomic E-state index is 13.5. The van der Waals surface area contributed by atoms with Gasteiger partial charge >= 0.3 is 0 Å². The molecule has 0 saturated carbocycles. The molecule has 198 valence electrons. The van der Waals surface area contributed by atoms with Gasteiger partial charge in [-0.25, -0.2) is 0 Å². The number of Topliss-reactive ketones (excluding diaryl/α,β-unsaturated/α-hetero) is 1. The van der Waals surface area contributed by atoms with Crippen molar-refractivity contribution in [1.82, 2.24) is 4.90 Å². The molecule has 0 bridgehead atoms. The lowest BCUT2D eigenvalue weighted by atomic mass is 9.93. The molecule has 7 nitrogen and oxygen atoms in total. The Labute approximate surface area is 227 Å². The first-order valence-electron chi connectivity index (χ1n) is 12.1. The molecule has 1 heterocycles. The van der Waals surface area contributed by atoms with Gasteiger partial charge in [-0.15, -0.1) is 0 Å². The van der Waals surface area contributed by atoms with Crippen LogP contribution in [0.25, 0.3) is 5.76 Å². The van der Waals surface area contributed by atoms with E-state index in [0.29, 0.717) is 17.2 Å². The molecular formula is C30H30ClNO6. The van der Waals surface area contributed by atoms with Crippen molar-refractivity contribution in [1.29, 1.82) is 0 Å². The fourth-order valence-corrected chi connectivity index (χ4v) is 4.89. The van der Waals surface area contributed by atoms with E-state index in [-0.39, 0.29) is 40.0 Å². The number of halogens is 1. The van der Waals surface area contributed by atoms with E-state index in [1.165, 1.54) is 31.3 Å². The van der Waals surface area contributed by atoms with Gasteiger partial charge in [0.2, 0.25) is 0 Å². The van der Waals surface area contributed by atoms with Crippen LogP contribution < -0.4 is 14.2 Å². The minimum absolute atomic E-state index is 0.0510. The summed E-state index contributed by atoms with van der Waals surface area (Å²) in [5.41, 5.74) is 2.66. The van der Waals surface area contributed by atoms with Gasteiger partial charge in [-0.1, -0.05) is 67.9 Å². The van der Waals surface area contributed by atoms with Gasteiger partial charge in [0.25, 0.3) is 11.7 Å². The van der Waals surface area contributed by atoms with Crippen LogP contribution in [0.3, 0.4) is 0 Å². The molecule has 3 aromatic rings. The summed E-state index contributed by atoms with van der Waals surface area (Å²) in [5, 5.41) is 11.8. The van der Waals surface area contributed by atoms with Crippen molar-refractivity contribution in [2.24, 2.45) is 0 Å². The molecule has 1 N–H and O–H groups in total. The smallest absolute Gasteiger partial charge is 0.295 e. The van der Waals surface area contributed by atoms with Crippen LogP contribution in [0, 0.1) is 0 Å². The summed E-state index contributed by atoms with van der Waals surface area (Å²) in [4.78, 5) is 28.4. The number of rotatable bonds is 8. The highest BCUT2D eigenvalue weighted by Crippen LogP contribution is 2.44. The minimum atomic E-state index is -0.854. The van der Waals surface area contributed by atoms with Gasteiger partial charge < -0.3 is 24.2 Å². The van der Waals surface area contributed by atoms with E-state index in [2.05, 4.69) is 13.8 Å². The van der Waals surface area contributed by atoms with Crippen LogP contribution in [-0.4, -0.2) is 43.0 Å². The molecule has 1 atom stereocenters. The number of aliphatic hydroxyl groups is 1. The van der Waals surface area contributed by atoms with Crippen LogP contribution in [0.15, 0.2) is 66.2 Å². The minimum Gasteiger partial charge on any atom is -0.507 e. The molecule has 0 radical (unpaired) electrons. The Morgan fingerprint density at radius 3 is 2.16 bits per heavy atom. The summed E-state index contributed by atoms with van der Waals surface area (Å²) in [6.45, 7) is 4.27. The van der Waals surface area contributed by atoms with Gasteiger partial charge in [-0.3, -0.25) is 9.59 Å². The van der Waals surface area contributed by atoms with Gasteiger partial charge in [0.05, 0.1) is 50.1 Å². The summed E-state index contributed by atoms with van der Waals surface area (Å²) in [5.74, 6) is -0.493. The van der Waals surface area contributed by atoms with Crippen LogP contribution in [0.4, 0.5) is 0 Å². The van der Waals surface area contributed by atoms with E-state index in [4.69, 9.17) is 25.8 Å². The highest BCUT2D eigenvalue weighted by molar-refractivity contribution is 6.46. The second-order valence-corrected chi connectivity index (χ2v) is 9.65. The summed E-state index contributed by atoms with van der Waals surface area (Å²) in [6, 6.07) is 17.1. The number of para-hydroxylation sites is 1. The normalized spacial score (nSPS) is 16.7. The van der Waals surface area contributed by atoms with Crippen molar-refractivity contribution in [2.75, 3.05) is 21.3 Å². The second-order valence-electron chi connectivity index (χ2n) is 9.25. The maximum Gasteiger partial charge on any atom is 0.295 e. The molecule has 1 unspecified atom stereocenters. The molecular weight excluding hydrogens is 506 g/mol. The van der Waals surface area contributed by atoms with Crippen molar-refractivity contribution in [2.45, 2.75) is 32.4 Å². The molecule has 4 rings (SSSR count). The maximum atomic E-state index is 13.5. The van der Waals surface area contributed by atoms with E-state index in [9.17, 15) is 14.7 Å². The van der Waals surface area contributed by atoms with E-state index in [0.717, 1.165) is 11.1 Å². The lowest BCUT2D eigenvalue weighted by Gasteiger charge is -2.26. The monoisotopic (exact) mass is 535 g/mol. The van der Waals surface area contributed by atoms with Gasteiger partial charge in [0, 0.05) is 11.6 Å². The average molecular weight is 536 g/mol. The van der Waals surface area contributed by atoms with E-state index in [1.807, 2.05) is 42.5 Å². The highest BCUT2D eigenvalue weighted by atomic mass is 35.5. The third-order valence-corrected chi connectivity index (χ3v) is 7.02. The Morgan fingerprint density at radius 2 is 1.55 bits per heavy atom. The lowest BCUT2D eigenvalue weighted by molar-refractivity contribution is -0.140. The standard InChI is InChI=1S/C30H30ClNO6/c1-17(2)18-10-12-19(13-11-18)27-26(28(33)21-14-25(38-5)22(31)15-24(21)37-4)29(34)30(35)32(27)16-20-8-6-7-9-23(20)36-3/h6-15,17,27,33H,16H2,1-5H3/b28-26+. The number of methoxy groups -OCH3 is 3. The van der Waals surface area contributed by atoms with E-state index < -0.39 is 17.7 Å². The molecule has 1 aliphatic rings. The molecule has 38 heavy (non-hydrogen) atoms.